The van der Waals surface area contributed by atoms with Gasteiger partial charge in [-0.05, 0) is 44.0 Å². The Hall–Kier alpha value is -1.92. The maximum Gasteiger partial charge on any atom is 0.226 e. The molecule has 1 aliphatic heterocycles. The van der Waals surface area contributed by atoms with Crippen LogP contribution in [0.25, 0.3) is 0 Å². The molecule has 2 aromatic rings. The molecule has 1 saturated heterocycles. The third kappa shape index (κ3) is 4.79. The fraction of sp³-hybridized carbons (Fsp3) is 0.444. The van der Waals surface area contributed by atoms with E-state index in [0.29, 0.717) is 18.0 Å². The van der Waals surface area contributed by atoms with Gasteiger partial charge in [0, 0.05) is 18.3 Å². The molecule has 2 heterocycles. The van der Waals surface area contributed by atoms with Crippen molar-refractivity contribution in [3.8, 4) is 5.75 Å². The van der Waals surface area contributed by atoms with Crippen LogP contribution in [0, 0.1) is 0 Å². The molecular formula is C18H23N3O2S. The van der Waals surface area contributed by atoms with Crippen molar-refractivity contribution in [3.05, 3.63) is 40.9 Å². The van der Waals surface area contributed by atoms with Crippen molar-refractivity contribution in [2.24, 2.45) is 0 Å². The first-order chi connectivity index (χ1) is 11.7. The number of aromatic nitrogens is 1. The molecule has 1 amide bonds. The van der Waals surface area contributed by atoms with Crippen molar-refractivity contribution in [2.75, 3.05) is 18.4 Å². The zero-order valence-electron chi connectivity index (χ0n) is 13.7. The van der Waals surface area contributed by atoms with Gasteiger partial charge in [-0.3, -0.25) is 9.69 Å². The number of thiazole rings is 1. The summed E-state index contributed by atoms with van der Waals surface area (Å²) in [6.45, 7) is 3.14. The summed E-state index contributed by atoms with van der Waals surface area (Å²) in [5, 5.41) is 15.3. The number of aryl methyl sites for hydroxylation is 1. The Bertz CT molecular complexity index is 680. The number of nitrogens with one attached hydrogen (secondary N) is 1. The molecular weight excluding hydrogens is 322 g/mol. The Morgan fingerprint density at radius 1 is 1.25 bits per heavy atom. The lowest BCUT2D eigenvalue weighted by Crippen LogP contribution is -2.29. The zero-order valence-corrected chi connectivity index (χ0v) is 14.5. The van der Waals surface area contributed by atoms with Crippen LogP contribution in [0.1, 0.15) is 36.9 Å². The Labute approximate surface area is 146 Å². The van der Waals surface area contributed by atoms with E-state index in [0.717, 1.165) is 30.9 Å². The van der Waals surface area contributed by atoms with E-state index in [1.807, 2.05) is 17.5 Å². The highest BCUT2D eigenvalue weighted by Gasteiger charge is 2.13. The number of carbonyl (C=O) groups is 1. The van der Waals surface area contributed by atoms with E-state index in [-0.39, 0.29) is 11.7 Å². The largest absolute Gasteiger partial charge is 0.508 e. The highest BCUT2D eigenvalue weighted by molar-refractivity contribution is 7.13. The van der Waals surface area contributed by atoms with Gasteiger partial charge in [-0.25, -0.2) is 4.98 Å². The number of nitrogens with zero attached hydrogens (tertiary/aromatic N) is 2. The Balaban J connectivity index is 1.47. The van der Waals surface area contributed by atoms with Gasteiger partial charge in [-0.1, -0.05) is 24.6 Å². The molecule has 5 nitrogen and oxygen atoms in total. The first-order valence-corrected chi connectivity index (χ1v) is 9.32. The molecule has 2 N–H and O–H groups in total. The van der Waals surface area contributed by atoms with Gasteiger partial charge in [-0.2, -0.15) is 0 Å². The van der Waals surface area contributed by atoms with E-state index in [2.05, 4.69) is 15.2 Å². The fourth-order valence-electron chi connectivity index (χ4n) is 2.94. The highest BCUT2D eigenvalue weighted by Crippen LogP contribution is 2.20. The minimum atomic E-state index is -0.0721. The van der Waals surface area contributed by atoms with Crippen LogP contribution >= 0.6 is 11.3 Å². The number of carbonyl (C=O) groups excluding carboxylic acids is 1. The number of hydrogen-bond donors (Lipinski definition) is 2. The topological polar surface area (TPSA) is 65.5 Å². The Morgan fingerprint density at radius 3 is 2.83 bits per heavy atom. The third-order valence-electron chi connectivity index (χ3n) is 4.25. The smallest absolute Gasteiger partial charge is 0.226 e. The predicted molar refractivity (Wildman–Crippen MR) is 96.3 cm³/mol. The standard InChI is InChI=1S/C18H23N3O2S/c22-16-7-3-2-6-14(16)8-9-17(23)20-18-19-15(13-24-18)12-21-10-4-1-5-11-21/h2-3,6-7,13,22H,1,4-5,8-12H2,(H,19,20,23). The van der Waals surface area contributed by atoms with Crippen LogP contribution in [0.3, 0.4) is 0 Å². The number of phenols is 1. The molecule has 128 valence electrons. The highest BCUT2D eigenvalue weighted by atomic mass is 32.1. The molecule has 1 aromatic heterocycles. The molecule has 1 aliphatic rings. The zero-order chi connectivity index (χ0) is 16.8. The Kier molecular flexibility index (Phi) is 5.82. The SMILES string of the molecule is O=C(CCc1ccccc1O)Nc1nc(CN2CCCCC2)cs1. The molecule has 0 bridgehead atoms. The first-order valence-electron chi connectivity index (χ1n) is 8.44. The van der Waals surface area contributed by atoms with Gasteiger partial charge in [0.05, 0.1) is 5.69 Å². The van der Waals surface area contributed by atoms with E-state index in [1.165, 1.54) is 30.6 Å². The predicted octanol–water partition coefficient (Wildman–Crippen LogP) is 3.41. The number of para-hydroxylation sites is 1. The van der Waals surface area contributed by atoms with Crippen molar-refractivity contribution in [1.82, 2.24) is 9.88 Å². The molecule has 3 rings (SSSR count). The maximum atomic E-state index is 12.1. The number of aromatic hydroxyl groups is 1. The molecule has 6 heteroatoms. The first kappa shape index (κ1) is 16.9. The number of benzene rings is 1. The van der Waals surface area contributed by atoms with Crippen LogP contribution in [0.4, 0.5) is 5.13 Å². The molecule has 0 radical (unpaired) electrons. The summed E-state index contributed by atoms with van der Waals surface area (Å²) in [5.41, 5.74) is 1.82. The van der Waals surface area contributed by atoms with Crippen molar-refractivity contribution in [2.45, 2.75) is 38.6 Å². The van der Waals surface area contributed by atoms with Crippen molar-refractivity contribution < 1.29 is 9.90 Å². The minimum Gasteiger partial charge on any atom is -0.508 e. The van der Waals surface area contributed by atoms with E-state index in [9.17, 15) is 9.90 Å². The quantitative estimate of drug-likeness (QED) is 0.842. The fourth-order valence-corrected chi connectivity index (χ4v) is 3.65. The van der Waals surface area contributed by atoms with Crippen molar-refractivity contribution in [1.29, 1.82) is 0 Å². The second-order valence-electron chi connectivity index (χ2n) is 6.16. The third-order valence-corrected chi connectivity index (χ3v) is 5.05. The van der Waals surface area contributed by atoms with Crippen LogP contribution in [0.15, 0.2) is 29.6 Å². The molecule has 1 fully saturated rings. The van der Waals surface area contributed by atoms with Gasteiger partial charge in [0.25, 0.3) is 0 Å². The normalized spacial score (nSPS) is 15.3. The summed E-state index contributed by atoms with van der Waals surface area (Å²) in [6, 6.07) is 7.11. The van der Waals surface area contributed by atoms with Crippen LogP contribution in [0.5, 0.6) is 5.75 Å². The second kappa shape index (κ2) is 8.26. The maximum absolute atomic E-state index is 12.1. The summed E-state index contributed by atoms with van der Waals surface area (Å²) in [6.07, 6.45) is 4.70. The number of piperidine rings is 1. The van der Waals surface area contributed by atoms with Crippen LogP contribution in [0.2, 0.25) is 0 Å². The van der Waals surface area contributed by atoms with E-state index >= 15 is 0 Å². The lowest BCUT2D eigenvalue weighted by atomic mass is 10.1. The van der Waals surface area contributed by atoms with Crippen LogP contribution in [-0.4, -0.2) is 34.0 Å². The summed E-state index contributed by atoms with van der Waals surface area (Å²) in [5.74, 6) is 0.167. The van der Waals surface area contributed by atoms with Crippen LogP contribution in [-0.2, 0) is 17.8 Å². The number of hydrogen-bond acceptors (Lipinski definition) is 5. The van der Waals surface area contributed by atoms with Crippen LogP contribution < -0.4 is 5.32 Å². The minimum absolute atomic E-state index is 0.0721. The average molecular weight is 345 g/mol. The van der Waals surface area contributed by atoms with Gasteiger partial charge >= 0.3 is 0 Å². The Morgan fingerprint density at radius 2 is 2.04 bits per heavy atom. The molecule has 1 aromatic carbocycles. The molecule has 0 saturated carbocycles. The lowest BCUT2D eigenvalue weighted by Gasteiger charge is -2.25. The van der Waals surface area contributed by atoms with Gasteiger partial charge in [0.15, 0.2) is 5.13 Å². The number of rotatable bonds is 6. The van der Waals surface area contributed by atoms with E-state index < -0.39 is 0 Å². The summed E-state index contributed by atoms with van der Waals surface area (Å²) in [7, 11) is 0. The van der Waals surface area contributed by atoms with Gasteiger partial charge in [0.1, 0.15) is 5.75 Å². The number of amides is 1. The monoisotopic (exact) mass is 345 g/mol. The van der Waals surface area contributed by atoms with Crippen molar-refractivity contribution in [3.63, 3.8) is 0 Å². The molecule has 0 spiro atoms. The molecule has 24 heavy (non-hydrogen) atoms. The molecule has 0 unspecified atom stereocenters. The van der Waals surface area contributed by atoms with E-state index in [4.69, 9.17) is 0 Å². The van der Waals surface area contributed by atoms with Gasteiger partial charge in [0.2, 0.25) is 5.91 Å². The lowest BCUT2D eigenvalue weighted by molar-refractivity contribution is -0.116. The molecule has 0 aliphatic carbocycles. The average Bonchev–Trinajstić information content (AvgIpc) is 3.02. The van der Waals surface area contributed by atoms with Gasteiger partial charge in [-0.15, -0.1) is 11.3 Å². The number of phenolic OH excluding ortho intramolecular Hbond substituents is 1. The molecule has 0 atom stereocenters. The summed E-state index contributed by atoms with van der Waals surface area (Å²) in [4.78, 5) is 19.0. The van der Waals surface area contributed by atoms with Crippen molar-refractivity contribution >= 4 is 22.4 Å². The van der Waals surface area contributed by atoms with E-state index in [1.54, 1.807) is 12.1 Å². The second-order valence-corrected chi connectivity index (χ2v) is 7.02. The number of anilines is 1. The van der Waals surface area contributed by atoms with Gasteiger partial charge < -0.3 is 10.4 Å². The number of likely N-dealkylation sites (tertiary alicyclic amines) is 1. The summed E-state index contributed by atoms with van der Waals surface area (Å²) >= 11 is 1.47. The summed E-state index contributed by atoms with van der Waals surface area (Å²) < 4.78 is 0.